The van der Waals surface area contributed by atoms with Gasteiger partial charge in [-0.3, -0.25) is 19.6 Å². The first-order chi connectivity index (χ1) is 19.0. The van der Waals surface area contributed by atoms with Gasteiger partial charge >= 0.3 is 0 Å². The number of hydrogen-bond donors (Lipinski definition) is 3. The van der Waals surface area contributed by atoms with Crippen molar-refractivity contribution >= 4 is 39.1 Å². The maximum atomic E-state index is 14.9. The van der Waals surface area contributed by atoms with Crippen LogP contribution in [0, 0.1) is 5.82 Å². The van der Waals surface area contributed by atoms with E-state index < -0.39 is 11.7 Å². The summed E-state index contributed by atoms with van der Waals surface area (Å²) in [7, 11) is 1.67. The van der Waals surface area contributed by atoms with E-state index in [9.17, 15) is 14.0 Å². The number of nitrogens with zero attached hydrogens (tertiary/aromatic N) is 2. The van der Waals surface area contributed by atoms with E-state index in [-0.39, 0.29) is 29.8 Å². The second-order valence-corrected chi connectivity index (χ2v) is 10.2. The Morgan fingerprint density at radius 1 is 1.08 bits per heavy atom. The summed E-state index contributed by atoms with van der Waals surface area (Å²) < 4.78 is 26.6. The Bertz CT molecular complexity index is 1470. The van der Waals surface area contributed by atoms with E-state index in [1.807, 2.05) is 24.4 Å². The largest absolute Gasteiger partial charge is 0.453 e. The standard InChI is InChI=1S/C28H28FN5O4S/c1-37-11-10-30-15-17-2-6-21(32-16-17)25-13-22-28(39-25)24(8-9-31-22)38-23-7-5-19(12-20(23)29)34-27(36)14-26(35)33-18-3-4-18/h2,5-9,12-13,16,18,30H,3-4,10-11,14-15H2,1H3,(H,33,35)(H,34,36). The van der Waals surface area contributed by atoms with Crippen molar-refractivity contribution in [2.24, 2.45) is 0 Å². The van der Waals surface area contributed by atoms with Crippen LogP contribution >= 0.6 is 11.3 Å². The van der Waals surface area contributed by atoms with Gasteiger partial charge in [-0.05, 0) is 42.7 Å². The number of ether oxygens (including phenoxy) is 2. The lowest BCUT2D eigenvalue weighted by molar-refractivity contribution is -0.126. The van der Waals surface area contributed by atoms with Crippen molar-refractivity contribution in [1.82, 2.24) is 20.6 Å². The molecule has 1 aromatic carbocycles. The number of hydrogen-bond acceptors (Lipinski definition) is 8. The van der Waals surface area contributed by atoms with Gasteiger partial charge in [0.2, 0.25) is 11.8 Å². The van der Waals surface area contributed by atoms with Gasteiger partial charge in [0.25, 0.3) is 0 Å². The van der Waals surface area contributed by atoms with Crippen LogP contribution in [-0.2, 0) is 20.9 Å². The summed E-state index contributed by atoms with van der Waals surface area (Å²) in [4.78, 5) is 33.9. The van der Waals surface area contributed by atoms with Crippen LogP contribution < -0.4 is 20.7 Å². The number of halogens is 1. The molecule has 5 rings (SSSR count). The third kappa shape index (κ3) is 7.14. The number of fused-ring (bicyclic) bond motifs is 1. The fourth-order valence-corrected chi connectivity index (χ4v) is 4.88. The summed E-state index contributed by atoms with van der Waals surface area (Å²) in [5, 5.41) is 8.59. The number of nitrogens with one attached hydrogen (secondary N) is 3. The van der Waals surface area contributed by atoms with E-state index in [0.717, 1.165) is 40.2 Å². The number of pyridine rings is 2. The number of rotatable bonds is 12. The minimum atomic E-state index is -0.645. The first kappa shape index (κ1) is 26.7. The number of carbonyl (C=O) groups is 2. The number of aromatic nitrogens is 2. The van der Waals surface area contributed by atoms with Crippen molar-refractivity contribution in [1.29, 1.82) is 0 Å². The van der Waals surface area contributed by atoms with Crippen LogP contribution in [0.1, 0.15) is 24.8 Å². The van der Waals surface area contributed by atoms with E-state index in [0.29, 0.717) is 24.4 Å². The van der Waals surface area contributed by atoms with Gasteiger partial charge in [0.05, 0.1) is 27.4 Å². The smallest absolute Gasteiger partial charge is 0.233 e. The molecule has 3 aromatic heterocycles. The molecule has 0 radical (unpaired) electrons. The zero-order valence-corrected chi connectivity index (χ0v) is 22.1. The van der Waals surface area contributed by atoms with Crippen LogP contribution in [0.15, 0.2) is 54.9 Å². The molecule has 0 bridgehead atoms. The Kier molecular flexibility index (Phi) is 8.40. The Labute approximate surface area is 228 Å². The second kappa shape index (κ2) is 12.3. The number of anilines is 1. The van der Waals surface area contributed by atoms with Crippen molar-refractivity contribution in [3.63, 3.8) is 0 Å². The fourth-order valence-electron chi connectivity index (χ4n) is 3.84. The molecule has 0 saturated heterocycles. The molecule has 9 nitrogen and oxygen atoms in total. The third-order valence-electron chi connectivity index (χ3n) is 5.96. The molecule has 1 aliphatic rings. The summed E-state index contributed by atoms with van der Waals surface area (Å²) in [6, 6.07) is 11.9. The normalized spacial score (nSPS) is 12.9. The van der Waals surface area contributed by atoms with Crippen molar-refractivity contribution in [3.8, 4) is 22.1 Å². The van der Waals surface area contributed by atoms with Gasteiger partial charge in [0.15, 0.2) is 11.6 Å². The summed E-state index contributed by atoms with van der Waals surface area (Å²) in [6.07, 6.45) is 5.01. The first-order valence-corrected chi connectivity index (χ1v) is 13.4. The molecule has 4 aromatic rings. The molecular formula is C28H28FN5O4S. The zero-order valence-electron chi connectivity index (χ0n) is 21.3. The minimum absolute atomic E-state index is 0.00498. The van der Waals surface area contributed by atoms with E-state index >= 15 is 0 Å². The van der Waals surface area contributed by atoms with Gasteiger partial charge in [-0.1, -0.05) is 6.07 Å². The highest BCUT2D eigenvalue weighted by molar-refractivity contribution is 7.22. The Balaban J connectivity index is 1.25. The average molecular weight is 550 g/mol. The molecular weight excluding hydrogens is 521 g/mol. The number of benzene rings is 1. The molecule has 0 unspecified atom stereocenters. The molecule has 0 atom stereocenters. The SMILES string of the molecule is COCCNCc1ccc(-c2cc3nccc(Oc4ccc(NC(=O)CC(=O)NC5CC5)cc4F)c3s2)nc1. The number of carbonyl (C=O) groups excluding carboxylic acids is 2. The zero-order chi connectivity index (χ0) is 27.2. The fraction of sp³-hybridized carbons (Fsp3) is 0.286. The Hall–Kier alpha value is -3.93. The summed E-state index contributed by atoms with van der Waals surface area (Å²) >= 11 is 1.46. The monoisotopic (exact) mass is 549 g/mol. The topological polar surface area (TPSA) is 114 Å². The highest BCUT2D eigenvalue weighted by Crippen LogP contribution is 2.39. The molecule has 39 heavy (non-hydrogen) atoms. The number of methoxy groups -OCH3 is 1. The van der Waals surface area contributed by atoms with Crippen molar-refractivity contribution in [2.45, 2.75) is 31.8 Å². The molecule has 0 aliphatic heterocycles. The van der Waals surface area contributed by atoms with Gasteiger partial charge in [-0.25, -0.2) is 4.39 Å². The molecule has 202 valence electrons. The minimum Gasteiger partial charge on any atom is -0.453 e. The van der Waals surface area contributed by atoms with Gasteiger partial charge in [-0.15, -0.1) is 11.3 Å². The van der Waals surface area contributed by atoms with E-state index in [1.165, 1.54) is 29.5 Å². The van der Waals surface area contributed by atoms with Crippen molar-refractivity contribution < 1.29 is 23.5 Å². The molecule has 1 aliphatic carbocycles. The number of amides is 2. The predicted octanol–water partition coefficient (Wildman–Crippen LogP) is 4.63. The number of thiophene rings is 1. The first-order valence-electron chi connectivity index (χ1n) is 12.6. The molecule has 3 heterocycles. The summed E-state index contributed by atoms with van der Waals surface area (Å²) in [5.41, 5.74) is 2.83. The van der Waals surface area contributed by atoms with E-state index in [4.69, 9.17) is 9.47 Å². The molecule has 0 spiro atoms. The Morgan fingerprint density at radius 2 is 1.95 bits per heavy atom. The van der Waals surface area contributed by atoms with Crippen LogP contribution in [0.2, 0.25) is 0 Å². The predicted molar refractivity (Wildman–Crippen MR) is 147 cm³/mol. The van der Waals surface area contributed by atoms with Crippen molar-refractivity contribution in [3.05, 3.63) is 66.2 Å². The highest BCUT2D eigenvalue weighted by atomic mass is 32.1. The molecule has 11 heteroatoms. The van der Waals surface area contributed by atoms with Crippen LogP contribution in [0.4, 0.5) is 10.1 Å². The Morgan fingerprint density at radius 3 is 2.69 bits per heavy atom. The van der Waals surface area contributed by atoms with Crippen LogP contribution in [0.25, 0.3) is 20.8 Å². The summed E-state index contributed by atoms with van der Waals surface area (Å²) in [6.45, 7) is 2.11. The van der Waals surface area contributed by atoms with Crippen LogP contribution in [-0.4, -0.2) is 48.1 Å². The highest BCUT2D eigenvalue weighted by Gasteiger charge is 2.24. The average Bonchev–Trinajstić information content (AvgIpc) is 3.62. The van der Waals surface area contributed by atoms with E-state index in [2.05, 4.69) is 25.9 Å². The lowest BCUT2D eigenvalue weighted by atomic mass is 10.2. The van der Waals surface area contributed by atoms with Gasteiger partial charge in [-0.2, -0.15) is 0 Å². The van der Waals surface area contributed by atoms with Crippen molar-refractivity contribution in [2.75, 3.05) is 25.6 Å². The third-order valence-corrected chi connectivity index (χ3v) is 7.13. The summed E-state index contributed by atoms with van der Waals surface area (Å²) in [5.74, 6) is -1.03. The lowest BCUT2D eigenvalue weighted by Crippen LogP contribution is -2.29. The van der Waals surface area contributed by atoms with Crippen LogP contribution in [0.3, 0.4) is 0 Å². The van der Waals surface area contributed by atoms with Gasteiger partial charge < -0.3 is 25.4 Å². The van der Waals surface area contributed by atoms with Crippen LogP contribution in [0.5, 0.6) is 11.5 Å². The molecule has 2 amide bonds. The maximum Gasteiger partial charge on any atom is 0.233 e. The lowest BCUT2D eigenvalue weighted by Gasteiger charge is -2.10. The van der Waals surface area contributed by atoms with Gasteiger partial charge in [0, 0.05) is 56.5 Å². The van der Waals surface area contributed by atoms with E-state index in [1.54, 1.807) is 19.4 Å². The molecule has 3 N–H and O–H groups in total. The quantitative estimate of drug-likeness (QED) is 0.174. The van der Waals surface area contributed by atoms with Gasteiger partial charge in [0.1, 0.15) is 12.2 Å². The molecule has 1 saturated carbocycles. The molecule has 1 fully saturated rings. The second-order valence-electron chi connectivity index (χ2n) is 9.17. The maximum absolute atomic E-state index is 14.9.